The van der Waals surface area contributed by atoms with Crippen LogP contribution in [0, 0.1) is 0 Å². The molecule has 0 aliphatic rings. The Labute approximate surface area is 131 Å². The Bertz CT molecular complexity index is 572. The van der Waals surface area contributed by atoms with Crippen molar-refractivity contribution in [2.75, 3.05) is 20.3 Å². The molecule has 2 aromatic rings. The van der Waals surface area contributed by atoms with Crippen molar-refractivity contribution in [3.05, 3.63) is 59.7 Å². The molecule has 0 heterocycles. The lowest BCUT2D eigenvalue weighted by molar-refractivity contribution is 0.174. The fraction of sp³-hybridized carbons (Fsp3) is 0.333. The highest BCUT2D eigenvalue weighted by Crippen LogP contribution is 2.28. The van der Waals surface area contributed by atoms with Crippen LogP contribution in [-0.2, 0) is 6.54 Å². The molecule has 0 aliphatic carbocycles. The molecule has 0 aromatic heterocycles. The van der Waals surface area contributed by atoms with Gasteiger partial charge in [0.1, 0.15) is 0 Å². The minimum absolute atomic E-state index is 0.500. The number of hydrogen-bond acceptors (Lipinski definition) is 4. The Morgan fingerprint density at radius 3 is 2.55 bits per heavy atom. The lowest BCUT2D eigenvalue weighted by atomic mass is 10.1. The first-order valence-electron chi connectivity index (χ1n) is 7.48. The lowest BCUT2D eigenvalue weighted by Gasteiger charge is -2.14. The van der Waals surface area contributed by atoms with Crippen molar-refractivity contribution in [2.45, 2.75) is 19.6 Å². The number of nitrogens with one attached hydrogen (secondary N) is 1. The Morgan fingerprint density at radius 1 is 1.09 bits per heavy atom. The fourth-order valence-electron chi connectivity index (χ4n) is 2.25. The number of aliphatic hydroxyl groups is 1. The van der Waals surface area contributed by atoms with E-state index in [1.54, 1.807) is 7.11 Å². The third-order valence-electron chi connectivity index (χ3n) is 3.38. The molecule has 4 heteroatoms. The number of rotatable bonds is 8. The largest absolute Gasteiger partial charge is 0.493 e. The number of hydrogen-bond donors (Lipinski definition) is 2. The highest BCUT2D eigenvalue weighted by atomic mass is 16.5. The van der Waals surface area contributed by atoms with Gasteiger partial charge in [-0.15, -0.1) is 0 Å². The van der Waals surface area contributed by atoms with Crippen LogP contribution in [0.1, 0.15) is 24.2 Å². The standard InChI is InChI=1S/C18H23NO3/c1-3-22-18-11-14(9-10-17(18)21-2)12-19-13-16(20)15-7-5-4-6-8-15/h4-11,16,19-20H,3,12-13H2,1-2H3. The first-order chi connectivity index (χ1) is 10.7. The van der Waals surface area contributed by atoms with Crippen molar-refractivity contribution in [3.8, 4) is 11.5 Å². The summed E-state index contributed by atoms with van der Waals surface area (Å²) in [5, 5.41) is 13.4. The molecular formula is C18H23NO3. The molecule has 2 N–H and O–H groups in total. The summed E-state index contributed by atoms with van der Waals surface area (Å²) in [6.07, 6.45) is -0.509. The van der Waals surface area contributed by atoms with E-state index in [4.69, 9.17) is 9.47 Å². The summed E-state index contributed by atoms with van der Waals surface area (Å²) in [6, 6.07) is 15.5. The summed E-state index contributed by atoms with van der Waals surface area (Å²) in [4.78, 5) is 0. The maximum absolute atomic E-state index is 10.1. The second-order valence-electron chi connectivity index (χ2n) is 4.98. The maximum Gasteiger partial charge on any atom is 0.161 e. The average molecular weight is 301 g/mol. The molecule has 118 valence electrons. The normalized spacial score (nSPS) is 12.0. The first kappa shape index (κ1) is 16.3. The number of methoxy groups -OCH3 is 1. The summed E-state index contributed by atoms with van der Waals surface area (Å²) in [6.45, 7) is 3.70. The molecule has 4 nitrogen and oxygen atoms in total. The molecule has 0 aliphatic heterocycles. The van der Waals surface area contributed by atoms with E-state index in [1.165, 1.54) is 0 Å². The second-order valence-corrected chi connectivity index (χ2v) is 4.98. The van der Waals surface area contributed by atoms with Crippen molar-refractivity contribution in [3.63, 3.8) is 0 Å². The predicted molar refractivity (Wildman–Crippen MR) is 87.3 cm³/mol. The predicted octanol–water partition coefficient (Wildman–Crippen LogP) is 2.92. The molecule has 1 atom stereocenters. The molecule has 0 radical (unpaired) electrons. The summed E-state index contributed by atoms with van der Waals surface area (Å²) >= 11 is 0. The smallest absolute Gasteiger partial charge is 0.161 e. The van der Waals surface area contributed by atoms with Crippen LogP contribution < -0.4 is 14.8 Å². The molecule has 2 aromatic carbocycles. The van der Waals surface area contributed by atoms with Crippen molar-refractivity contribution >= 4 is 0 Å². The van der Waals surface area contributed by atoms with Crippen LogP contribution in [0.5, 0.6) is 11.5 Å². The van der Waals surface area contributed by atoms with E-state index in [9.17, 15) is 5.11 Å². The van der Waals surface area contributed by atoms with E-state index in [-0.39, 0.29) is 0 Å². The summed E-state index contributed by atoms with van der Waals surface area (Å²) in [5.74, 6) is 1.47. The van der Waals surface area contributed by atoms with Crippen molar-refractivity contribution < 1.29 is 14.6 Å². The fourth-order valence-corrected chi connectivity index (χ4v) is 2.25. The summed E-state index contributed by atoms with van der Waals surface area (Å²) < 4.78 is 10.8. The maximum atomic E-state index is 10.1. The van der Waals surface area contributed by atoms with E-state index >= 15 is 0 Å². The lowest BCUT2D eigenvalue weighted by Crippen LogP contribution is -2.21. The van der Waals surface area contributed by atoms with Crippen LogP contribution in [0.3, 0.4) is 0 Å². The SMILES string of the molecule is CCOc1cc(CNCC(O)c2ccccc2)ccc1OC. The number of ether oxygens (including phenoxy) is 2. The van der Waals surface area contributed by atoms with E-state index < -0.39 is 6.10 Å². The summed E-state index contributed by atoms with van der Waals surface area (Å²) in [5.41, 5.74) is 2.00. The zero-order valence-electron chi connectivity index (χ0n) is 13.1. The quantitative estimate of drug-likeness (QED) is 0.787. The van der Waals surface area contributed by atoms with Crippen LogP contribution >= 0.6 is 0 Å². The Balaban J connectivity index is 1.90. The Hall–Kier alpha value is -2.04. The van der Waals surface area contributed by atoms with E-state index in [0.717, 1.165) is 22.6 Å². The average Bonchev–Trinajstić information content (AvgIpc) is 2.56. The minimum Gasteiger partial charge on any atom is -0.493 e. The highest BCUT2D eigenvalue weighted by molar-refractivity contribution is 5.42. The minimum atomic E-state index is -0.509. The van der Waals surface area contributed by atoms with Gasteiger partial charge in [-0.1, -0.05) is 36.4 Å². The topological polar surface area (TPSA) is 50.7 Å². The van der Waals surface area contributed by atoms with Gasteiger partial charge in [-0.25, -0.2) is 0 Å². The molecule has 0 amide bonds. The van der Waals surface area contributed by atoms with Crippen molar-refractivity contribution in [1.29, 1.82) is 0 Å². The van der Waals surface area contributed by atoms with Crippen LogP contribution in [0.2, 0.25) is 0 Å². The molecule has 2 rings (SSSR count). The van der Waals surface area contributed by atoms with Crippen LogP contribution in [0.15, 0.2) is 48.5 Å². The molecule has 0 saturated carbocycles. The molecular weight excluding hydrogens is 278 g/mol. The van der Waals surface area contributed by atoms with Crippen LogP contribution in [-0.4, -0.2) is 25.4 Å². The Kier molecular flexibility index (Phi) is 6.25. The van der Waals surface area contributed by atoms with Gasteiger partial charge in [0.15, 0.2) is 11.5 Å². The Morgan fingerprint density at radius 2 is 1.86 bits per heavy atom. The molecule has 0 fully saturated rings. The van der Waals surface area contributed by atoms with Crippen molar-refractivity contribution in [1.82, 2.24) is 5.32 Å². The molecule has 1 unspecified atom stereocenters. The molecule has 0 bridgehead atoms. The van der Waals surface area contributed by atoms with Gasteiger partial charge in [0, 0.05) is 13.1 Å². The van der Waals surface area contributed by atoms with Gasteiger partial charge in [0.25, 0.3) is 0 Å². The monoisotopic (exact) mass is 301 g/mol. The third-order valence-corrected chi connectivity index (χ3v) is 3.38. The molecule has 0 spiro atoms. The zero-order valence-corrected chi connectivity index (χ0v) is 13.1. The van der Waals surface area contributed by atoms with Crippen molar-refractivity contribution in [2.24, 2.45) is 0 Å². The van der Waals surface area contributed by atoms with E-state index in [1.807, 2.05) is 55.5 Å². The van der Waals surface area contributed by atoms with Crippen LogP contribution in [0.4, 0.5) is 0 Å². The van der Waals surface area contributed by atoms with Gasteiger partial charge >= 0.3 is 0 Å². The zero-order chi connectivity index (χ0) is 15.8. The number of benzene rings is 2. The van der Waals surface area contributed by atoms with Gasteiger partial charge in [-0.05, 0) is 30.2 Å². The van der Waals surface area contributed by atoms with Gasteiger partial charge in [0.05, 0.1) is 19.8 Å². The van der Waals surface area contributed by atoms with E-state index in [0.29, 0.717) is 19.7 Å². The van der Waals surface area contributed by atoms with E-state index in [2.05, 4.69) is 5.32 Å². The van der Waals surface area contributed by atoms with Gasteiger partial charge in [-0.3, -0.25) is 0 Å². The van der Waals surface area contributed by atoms with Gasteiger partial charge in [-0.2, -0.15) is 0 Å². The van der Waals surface area contributed by atoms with Gasteiger partial charge < -0.3 is 19.9 Å². The van der Waals surface area contributed by atoms with Gasteiger partial charge in [0.2, 0.25) is 0 Å². The first-order valence-corrected chi connectivity index (χ1v) is 7.48. The van der Waals surface area contributed by atoms with Crippen LogP contribution in [0.25, 0.3) is 0 Å². The number of aliphatic hydroxyl groups excluding tert-OH is 1. The molecule has 22 heavy (non-hydrogen) atoms. The second kappa shape index (κ2) is 8.41. The molecule has 0 saturated heterocycles. The third kappa shape index (κ3) is 4.48. The summed E-state index contributed by atoms with van der Waals surface area (Å²) in [7, 11) is 1.63. The highest BCUT2D eigenvalue weighted by Gasteiger charge is 2.08.